The van der Waals surface area contributed by atoms with Gasteiger partial charge in [-0.05, 0) is 54.7 Å². The van der Waals surface area contributed by atoms with Crippen LogP contribution in [0.3, 0.4) is 0 Å². The predicted molar refractivity (Wildman–Crippen MR) is 104 cm³/mol. The third-order valence-corrected chi connectivity index (χ3v) is 5.91. The molecule has 3 N–H and O–H groups in total. The maximum atomic E-state index is 12.8. The average Bonchev–Trinajstić information content (AvgIpc) is 2.60. The molecular weight excluding hydrogens is 394 g/mol. The minimum atomic E-state index is -3.93. The minimum Gasteiger partial charge on any atom is -0.490 e. The fourth-order valence-corrected chi connectivity index (χ4v) is 4.46. The van der Waals surface area contributed by atoms with Crippen LogP contribution in [0.4, 0.5) is 11.4 Å². The molecule has 0 heterocycles. The van der Waals surface area contributed by atoms with Crippen molar-refractivity contribution in [2.45, 2.75) is 30.2 Å². The molecule has 8 nitrogen and oxygen atoms in total. The molecule has 3 rings (SSSR count). The van der Waals surface area contributed by atoms with Gasteiger partial charge in [0.05, 0.1) is 16.9 Å². The third-order valence-electron chi connectivity index (χ3n) is 4.44. The molecule has 0 saturated heterocycles. The Kier molecular flexibility index (Phi) is 6.30. The van der Waals surface area contributed by atoms with Crippen molar-refractivity contribution < 1.29 is 18.1 Å². The van der Waals surface area contributed by atoms with Gasteiger partial charge in [0.15, 0.2) is 5.75 Å². The van der Waals surface area contributed by atoms with Crippen LogP contribution in [0.1, 0.15) is 30.0 Å². The number of rotatable bonds is 5. The Morgan fingerprint density at radius 1 is 1.26 bits per heavy atom. The number of fused-ring (bicyclic) bond motifs is 1. The first-order chi connectivity index (χ1) is 12.3. The summed E-state index contributed by atoms with van der Waals surface area (Å²) < 4.78 is 33.1. The predicted octanol–water partition coefficient (Wildman–Crippen LogP) is 2.96. The number of halogens is 1. The summed E-state index contributed by atoms with van der Waals surface area (Å²) in [5.74, 6) is 0.00689. The SMILES string of the molecule is COc1ccc(S(=O)(=O)NC2CCCc3cc(N)ccc32)cc1[N+](=O)[O-].Cl. The number of nitrogens with zero attached hydrogens (tertiary/aromatic N) is 1. The van der Waals surface area contributed by atoms with Crippen molar-refractivity contribution in [3.63, 3.8) is 0 Å². The van der Waals surface area contributed by atoms with Crippen LogP contribution in [-0.2, 0) is 16.4 Å². The van der Waals surface area contributed by atoms with Crippen LogP contribution < -0.4 is 15.2 Å². The number of aryl methyl sites for hydroxylation is 1. The first-order valence-corrected chi connectivity index (χ1v) is 9.53. The molecule has 2 aromatic carbocycles. The summed E-state index contributed by atoms with van der Waals surface area (Å²) in [6.45, 7) is 0. The smallest absolute Gasteiger partial charge is 0.312 e. The number of nitrogens with one attached hydrogen (secondary N) is 1. The fraction of sp³-hybridized carbons (Fsp3) is 0.294. The highest BCUT2D eigenvalue weighted by atomic mass is 35.5. The van der Waals surface area contributed by atoms with Gasteiger partial charge in [-0.3, -0.25) is 10.1 Å². The molecule has 0 saturated carbocycles. The lowest BCUT2D eigenvalue weighted by Crippen LogP contribution is -2.31. The number of nitrogen functional groups attached to an aromatic ring is 1. The molecule has 0 radical (unpaired) electrons. The monoisotopic (exact) mass is 413 g/mol. The van der Waals surface area contributed by atoms with Gasteiger partial charge in [0.2, 0.25) is 10.0 Å². The molecular formula is C17H20ClN3O5S. The number of nitro benzene ring substituents is 1. The second kappa shape index (κ2) is 8.12. The van der Waals surface area contributed by atoms with Crippen LogP contribution in [0.15, 0.2) is 41.3 Å². The van der Waals surface area contributed by atoms with Crippen LogP contribution in [0.5, 0.6) is 5.75 Å². The standard InChI is InChI=1S/C17H19N3O5S.ClH/c1-25-17-8-6-13(10-16(17)20(21)22)26(23,24)19-15-4-2-3-11-9-12(18)5-7-14(11)15;/h5-10,15,19H,2-4,18H2,1H3;1H. The minimum absolute atomic E-state index is 0. The maximum Gasteiger partial charge on any atom is 0.312 e. The Morgan fingerprint density at radius 3 is 2.67 bits per heavy atom. The molecule has 0 amide bonds. The highest BCUT2D eigenvalue weighted by Crippen LogP contribution is 2.34. The number of hydrogen-bond donors (Lipinski definition) is 2. The van der Waals surface area contributed by atoms with Gasteiger partial charge in [-0.25, -0.2) is 13.1 Å². The van der Waals surface area contributed by atoms with Crippen molar-refractivity contribution in [3.05, 3.63) is 57.6 Å². The summed E-state index contributed by atoms with van der Waals surface area (Å²) in [5.41, 5.74) is 7.95. The number of anilines is 1. The summed E-state index contributed by atoms with van der Waals surface area (Å²) in [4.78, 5) is 10.3. The van der Waals surface area contributed by atoms with E-state index in [1.54, 1.807) is 6.07 Å². The number of benzene rings is 2. The van der Waals surface area contributed by atoms with Crippen molar-refractivity contribution in [1.82, 2.24) is 4.72 Å². The van der Waals surface area contributed by atoms with Crippen molar-refractivity contribution in [3.8, 4) is 5.75 Å². The summed E-state index contributed by atoms with van der Waals surface area (Å²) in [6.07, 6.45) is 2.31. The van der Waals surface area contributed by atoms with E-state index < -0.39 is 26.7 Å². The van der Waals surface area contributed by atoms with E-state index >= 15 is 0 Å². The second-order valence-electron chi connectivity index (χ2n) is 6.12. The Labute approximate surface area is 163 Å². The molecule has 0 bridgehead atoms. The summed E-state index contributed by atoms with van der Waals surface area (Å²) in [6, 6.07) is 8.60. The van der Waals surface area contributed by atoms with Gasteiger partial charge in [-0.1, -0.05) is 6.07 Å². The summed E-state index contributed by atoms with van der Waals surface area (Å²) in [5, 5.41) is 11.1. The van der Waals surface area contributed by atoms with Gasteiger partial charge in [-0.15, -0.1) is 12.4 Å². The van der Waals surface area contributed by atoms with E-state index in [0.29, 0.717) is 12.1 Å². The highest BCUT2D eigenvalue weighted by Gasteiger charge is 2.28. The molecule has 1 unspecified atom stereocenters. The first-order valence-electron chi connectivity index (χ1n) is 8.05. The summed E-state index contributed by atoms with van der Waals surface area (Å²) in [7, 11) is -2.64. The van der Waals surface area contributed by atoms with E-state index in [0.717, 1.165) is 30.0 Å². The number of nitrogens with two attached hydrogens (primary N) is 1. The molecule has 0 fully saturated rings. The van der Waals surface area contributed by atoms with Crippen molar-refractivity contribution in [1.29, 1.82) is 0 Å². The van der Waals surface area contributed by atoms with Crippen LogP contribution in [-0.4, -0.2) is 20.5 Å². The number of nitro groups is 1. The van der Waals surface area contributed by atoms with Crippen LogP contribution in [0, 0.1) is 10.1 Å². The molecule has 1 aliphatic carbocycles. The Balaban J connectivity index is 0.00000261. The lowest BCUT2D eigenvalue weighted by atomic mass is 9.88. The zero-order chi connectivity index (χ0) is 18.9. The lowest BCUT2D eigenvalue weighted by molar-refractivity contribution is -0.386. The highest BCUT2D eigenvalue weighted by molar-refractivity contribution is 7.89. The van der Waals surface area contributed by atoms with Gasteiger partial charge >= 0.3 is 5.69 Å². The molecule has 1 aliphatic rings. The number of ether oxygens (including phenoxy) is 1. The van der Waals surface area contributed by atoms with Crippen molar-refractivity contribution >= 4 is 33.8 Å². The van der Waals surface area contributed by atoms with Crippen LogP contribution in [0.2, 0.25) is 0 Å². The van der Waals surface area contributed by atoms with E-state index in [9.17, 15) is 18.5 Å². The Morgan fingerprint density at radius 2 is 2.00 bits per heavy atom. The largest absolute Gasteiger partial charge is 0.490 e. The summed E-state index contributed by atoms with van der Waals surface area (Å²) >= 11 is 0. The van der Waals surface area contributed by atoms with Gasteiger partial charge in [0.1, 0.15) is 0 Å². The number of hydrogen-bond acceptors (Lipinski definition) is 6. The van der Waals surface area contributed by atoms with Crippen LogP contribution >= 0.6 is 12.4 Å². The molecule has 2 aromatic rings. The van der Waals surface area contributed by atoms with Gasteiger partial charge in [0.25, 0.3) is 0 Å². The van der Waals surface area contributed by atoms with E-state index in [2.05, 4.69) is 4.72 Å². The van der Waals surface area contributed by atoms with E-state index in [4.69, 9.17) is 10.5 Å². The Hall–Kier alpha value is -2.36. The quantitative estimate of drug-likeness (QED) is 0.441. The molecule has 0 spiro atoms. The normalized spacial score (nSPS) is 16.1. The number of methoxy groups -OCH3 is 1. The Bertz CT molecular complexity index is 965. The lowest BCUT2D eigenvalue weighted by Gasteiger charge is -2.26. The zero-order valence-corrected chi connectivity index (χ0v) is 16.2. The molecule has 10 heteroatoms. The average molecular weight is 414 g/mol. The van der Waals surface area contributed by atoms with Crippen molar-refractivity contribution in [2.24, 2.45) is 0 Å². The molecule has 1 atom stereocenters. The van der Waals surface area contributed by atoms with E-state index in [-0.39, 0.29) is 23.1 Å². The van der Waals surface area contributed by atoms with E-state index in [1.807, 2.05) is 12.1 Å². The van der Waals surface area contributed by atoms with E-state index in [1.165, 1.54) is 19.2 Å². The fourth-order valence-electron chi connectivity index (χ4n) is 3.19. The van der Waals surface area contributed by atoms with Gasteiger partial charge in [0, 0.05) is 17.8 Å². The zero-order valence-electron chi connectivity index (χ0n) is 14.5. The molecule has 0 aromatic heterocycles. The molecule has 27 heavy (non-hydrogen) atoms. The van der Waals surface area contributed by atoms with Gasteiger partial charge in [-0.2, -0.15) is 0 Å². The number of sulfonamides is 1. The van der Waals surface area contributed by atoms with Gasteiger partial charge < -0.3 is 10.5 Å². The second-order valence-corrected chi connectivity index (χ2v) is 7.83. The van der Waals surface area contributed by atoms with Crippen LogP contribution in [0.25, 0.3) is 0 Å². The van der Waals surface area contributed by atoms with Crippen molar-refractivity contribution in [2.75, 3.05) is 12.8 Å². The topological polar surface area (TPSA) is 125 Å². The molecule has 0 aliphatic heterocycles. The third kappa shape index (κ3) is 4.32. The molecule has 146 valence electrons. The maximum absolute atomic E-state index is 12.8. The first kappa shape index (κ1) is 20.9.